The monoisotopic (exact) mass is 248 g/mol. The lowest BCUT2D eigenvalue weighted by Crippen LogP contribution is -2.30. The number of nitrogens with one attached hydrogen (secondary N) is 1. The van der Waals surface area contributed by atoms with Crippen LogP contribution in [0.1, 0.15) is 45.2 Å². The van der Waals surface area contributed by atoms with Gasteiger partial charge in [-0.3, -0.25) is 0 Å². The molecule has 1 fully saturated rings. The third-order valence-electron chi connectivity index (χ3n) is 3.63. The summed E-state index contributed by atoms with van der Waals surface area (Å²) in [4.78, 5) is 2.28. The van der Waals surface area contributed by atoms with Gasteiger partial charge in [0.2, 0.25) is 0 Å². The summed E-state index contributed by atoms with van der Waals surface area (Å²) >= 11 is 0. The second-order valence-corrected chi connectivity index (χ2v) is 5.47. The van der Waals surface area contributed by atoms with Crippen LogP contribution in [0, 0.1) is 0 Å². The predicted molar refractivity (Wildman–Crippen MR) is 74.7 cm³/mol. The first-order chi connectivity index (χ1) is 8.66. The highest BCUT2D eigenvalue weighted by Gasteiger charge is 2.20. The van der Waals surface area contributed by atoms with Gasteiger partial charge in [-0.05, 0) is 25.0 Å². The molecule has 0 unspecified atom stereocenters. The molecular formula is C14H24N4. The Morgan fingerprint density at radius 2 is 2.00 bits per heavy atom. The Balaban J connectivity index is 1.93. The summed E-state index contributed by atoms with van der Waals surface area (Å²) in [5.41, 5.74) is 1.01. The number of hydrogen-bond acceptors (Lipinski definition) is 4. The van der Waals surface area contributed by atoms with Crippen molar-refractivity contribution in [1.82, 2.24) is 15.5 Å². The Kier molecular flexibility index (Phi) is 4.53. The van der Waals surface area contributed by atoms with Gasteiger partial charge in [0.05, 0.1) is 5.69 Å². The Bertz CT molecular complexity index is 355. The Hall–Kier alpha value is -1.16. The average Bonchev–Trinajstić information content (AvgIpc) is 2.90. The first-order valence-corrected chi connectivity index (χ1v) is 6.95. The van der Waals surface area contributed by atoms with Crippen LogP contribution in [0.4, 0.5) is 5.82 Å². The van der Waals surface area contributed by atoms with Gasteiger partial charge in [0, 0.05) is 25.7 Å². The van der Waals surface area contributed by atoms with Gasteiger partial charge in [-0.25, -0.2) is 0 Å². The van der Waals surface area contributed by atoms with E-state index in [1.54, 1.807) is 0 Å². The second kappa shape index (κ2) is 6.14. The largest absolute Gasteiger partial charge is 0.355 e. The van der Waals surface area contributed by atoms with Crippen LogP contribution in [0.15, 0.2) is 12.1 Å². The number of aromatic nitrogens is 2. The van der Waals surface area contributed by atoms with Crippen LogP contribution in [0.3, 0.4) is 0 Å². The molecule has 1 aliphatic rings. The zero-order valence-corrected chi connectivity index (χ0v) is 11.7. The molecule has 0 radical (unpaired) electrons. The van der Waals surface area contributed by atoms with E-state index in [-0.39, 0.29) is 0 Å². The number of nitrogens with zero attached hydrogens (tertiary/aromatic N) is 3. The van der Waals surface area contributed by atoms with Crippen LogP contribution in [0.25, 0.3) is 0 Å². The first kappa shape index (κ1) is 13.3. The molecule has 1 saturated carbocycles. The highest BCUT2D eigenvalue weighted by Crippen LogP contribution is 2.25. The fraction of sp³-hybridized carbons (Fsp3) is 0.714. The summed E-state index contributed by atoms with van der Waals surface area (Å²) in [5.74, 6) is 0.996. The highest BCUT2D eigenvalue weighted by atomic mass is 15.3. The van der Waals surface area contributed by atoms with Crippen LogP contribution in [-0.4, -0.2) is 29.3 Å². The molecule has 1 N–H and O–H groups in total. The van der Waals surface area contributed by atoms with Crippen molar-refractivity contribution in [3.63, 3.8) is 0 Å². The van der Waals surface area contributed by atoms with E-state index in [0.717, 1.165) is 18.1 Å². The topological polar surface area (TPSA) is 41.0 Å². The Labute approximate surface area is 110 Å². The van der Waals surface area contributed by atoms with Crippen LogP contribution in [-0.2, 0) is 6.54 Å². The molecule has 4 heteroatoms. The van der Waals surface area contributed by atoms with Gasteiger partial charge in [-0.15, -0.1) is 5.10 Å². The van der Waals surface area contributed by atoms with Crippen LogP contribution >= 0.6 is 0 Å². The molecule has 18 heavy (non-hydrogen) atoms. The molecule has 1 heterocycles. The SMILES string of the molecule is CC(C)NCc1ccc(N(C)C2CCCC2)nn1. The summed E-state index contributed by atoms with van der Waals surface area (Å²) < 4.78 is 0. The minimum absolute atomic E-state index is 0.479. The van der Waals surface area contributed by atoms with Crippen molar-refractivity contribution in [2.45, 2.75) is 58.2 Å². The van der Waals surface area contributed by atoms with Crippen LogP contribution in [0.2, 0.25) is 0 Å². The van der Waals surface area contributed by atoms with Crippen molar-refractivity contribution in [2.24, 2.45) is 0 Å². The molecule has 0 spiro atoms. The zero-order chi connectivity index (χ0) is 13.0. The molecule has 0 aromatic carbocycles. The van der Waals surface area contributed by atoms with E-state index in [1.807, 2.05) is 0 Å². The lowest BCUT2D eigenvalue weighted by atomic mass is 10.2. The first-order valence-electron chi connectivity index (χ1n) is 6.95. The zero-order valence-electron chi connectivity index (χ0n) is 11.7. The Morgan fingerprint density at radius 1 is 1.28 bits per heavy atom. The lowest BCUT2D eigenvalue weighted by Gasteiger charge is -2.24. The molecule has 1 aromatic rings. The molecule has 0 saturated heterocycles. The summed E-state index contributed by atoms with van der Waals surface area (Å²) in [7, 11) is 2.13. The van der Waals surface area contributed by atoms with Gasteiger partial charge < -0.3 is 10.2 Å². The molecule has 100 valence electrons. The van der Waals surface area contributed by atoms with Crippen molar-refractivity contribution in [3.8, 4) is 0 Å². The van der Waals surface area contributed by atoms with Crippen LogP contribution in [0.5, 0.6) is 0 Å². The van der Waals surface area contributed by atoms with Crippen molar-refractivity contribution >= 4 is 5.82 Å². The molecule has 0 aliphatic heterocycles. The minimum atomic E-state index is 0.479. The summed E-state index contributed by atoms with van der Waals surface area (Å²) in [5, 5.41) is 12.0. The van der Waals surface area contributed by atoms with Gasteiger partial charge in [-0.1, -0.05) is 26.7 Å². The lowest BCUT2D eigenvalue weighted by molar-refractivity contribution is 0.576. The second-order valence-electron chi connectivity index (χ2n) is 5.47. The smallest absolute Gasteiger partial charge is 0.151 e. The maximum absolute atomic E-state index is 4.34. The molecular weight excluding hydrogens is 224 g/mol. The third-order valence-corrected chi connectivity index (χ3v) is 3.63. The van der Waals surface area contributed by atoms with Gasteiger partial charge in [0.1, 0.15) is 0 Å². The van der Waals surface area contributed by atoms with E-state index in [2.05, 4.69) is 53.4 Å². The van der Waals surface area contributed by atoms with E-state index in [0.29, 0.717) is 12.1 Å². The van der Waals surface area contributed by atoms with E-state index in [1.165, 1.54) is 25.7 Å². The third kappa shape index (κ3) is 3.42. The maximum atomic E-state index is 4.34. The van der Waals surface area contributed by atoms with E-state index in [4.69, 9.17) is 0 Å². The van der Waals surface area contributed by atoms with Gasteiger partial charge in [-0.2, -0.15) is 5.10 Å². The summed E-state index contributed by atoms with van der Waals surface area (Å²) in [6.45, 7) is 5.06. The average molecular weight is 248 g/mol. The van der Waals surface area contributed by atoms with E-state index < -0.39 is 0 Å². The molecule has 0 bridgehead atoms. The van der Waals surface area contributed by atoms with Crippen molar-refractivity contribution in [1.29, 1.82) is 0 Å². The van der Waals surface area contributed by atoms with Crippen molar-refractivity contribution in [2.75, 3.05) is 11.9 Å². The maximum Gasteiger partial charge on any atom is 0.151 e. The number of rotatable bonds is 5. The standard InChI is InChI=1S/C14H24N4/c1-11(2)15-10-12-8-9-14(17-16-12)18(3)13-6-4-5-7-13/h8-9,11,13,15H,4-7,10H2,1-3H3. The van der Waals surface area contributed by atoms with E-state index in [9.17, 15) is 0 Å². The normalized spacial score (nSPS) is 16.4. The fourth-order valence-corrected chi connectivity index (χ4v) is 2.42. The van der Waals surface area contributed by atoms with Crippen molar-refractivity contribution in [3.05, 3.63) is 17.8 Å². The number of anilines is 1. The predicted octanol–water partition coefficient (Wildman–Crippen LogP) is 2.35. The number of hydrogen-bond donors (Lipinski definition) is 1. The van der Waals surface area contributed by atoms with Gasteiger partial charge >= 0.3 is 0 Å². The quantitative estimate of drug-likeness (QED) is 0.868. The molecule has 1 aromatic heterocycles. The molecule has 1 aliphatic carbocycles. The molecule has 0 amide bonds. The van der Waals surface area contributed by atoms with Crippen molar-refractivity contribution < 1.29 is 0 Å². The van der Waals surface area contributed by atoms with E-state index >= 15 is 0 Å². The Morgan fingerprint density at radius 3 is 2.56 bits per heavy atom. The highest BCUT2D eigenvalue weighted by molar-refractivity contribution is 5.37. The molecule has 2 rings (SSSR count). The van der Waals surface area contributed by atoms with Gasteiger partial charge in [0.15, 0.2) is 5.82 Å². The van der Waals surface area contributed by atoms with Crippen LogP contribution < -0.4 is 10.2 Å². The fourth-order valence-electron chi connectivity index (χ4n) is 2.42. The summed E-state index contributed by atoms with van der Waals surface area (Å²) in [6.07, 6.45) is 5.27. The van der Waals surface area contributed by atoms with Gasteiger partial charge in [0.25, 0.3) is 0 Å². The minimum Gasteiger partial charge on any atom is -0.355 e. The molecule has 4 nitrogen and oxygen atoms in total. The molecule has 0 atom stereocenters. The summed E-state index contributed by atoms with van der Waals surface area (Å²) in [6, 6.07) is 5.29.